The summed E-state index contributed by atoms with van der Waals surface area (Å²) in [7, 11) is 0. The highest BCUT2D eigenvalue weighted by Gasteiger charge is 2.47. The first-order valence-corrected chi connectivity index (χ1v) is 7.69. The van der Waals surface area contributed by atoms with Crippen molar-refractivity contribution in [3.8, 4) is 0 Å². The molecule has 1 aliphatic heterocycles. The van der Waals surface area contributed by atoms with Crippen LogP contribution in [0.2, 0.25) is 5.02 Å². The summed E-state index contributed by atoms with van der Waals surface area (Å²) in [6, 6.07) is 7.54. The molecule has 0 radical (unpaired) electrons. The molecular formula is C17H18ClNO2. The Labute approximate surface area is 129 Å². The molecule has 1 fully saturated rings. The molecule has 1 aromatic carbocycles. The van der Waals surface area contributed by atoms with E-state index in [4.69, 9.17) is 11.6 Å². The Hall–Kier alpha value is -1.61. The zero-order chi connectivity index (χ0) is 15.0. The number of likely N-dealkylation sites (tertiary alicyclic amines) is 1. The maximum atomic E-state index is 12.4. The lowest BCUT2D eigenvalue weighted by molar-refractivity contribution is -0.139. The number of nitrogens with zero attached hydrogens (tertiary/aromatic N) is 1. The summed E-state index contributed by atoms with van der Waals surface area (Å²) in [4.78, 5) is 26.3. The fourth-order valence-electron chi connectivity index (χ4n) is 3.22. The van der Waals surface area contributed by atoms with Gasteiger partial charge < -0.3 is 0 Å². The van der Waals surface area contributed by atoms with E-state index in [1.165, 1.54) is 10.5 Å². The molecule has 21 heavy (non-hydrogen) atoms. The molecule has 110 valence electrons. The second-order valence-electron chi connectivity index (χ2n) is 5.91. The maximum absolute atomic E-state index is 12.4. The highest BCUT2D eigenvalue weighted by molar-refractivity contribution is 6.30. The fraction of sp³-hybridized carbons (Fsp3) is 0.412. The van der Waals surface area contributed by atoms with Crippen molar-refractivity contribution in [1.82, 2.24) is 4.90 Å². The molecule has 1 heterocycles. The Bertz CT molecular complexity index is 606. The number of halogens is 1. The minimum absolute atomic E-state index is 0.00251. The fourth-order valence-corrected chi connectivity index (χ4v) is 3.34. The van der Waals surface area contributed by atoms with E-state index in [0.717, 1.165) is 12.0 Å². The van der Waals surface area contributed by atoms with Crippen LogP contribution in [0.4, 0.5) is 0 Å². The van der Waals surface area contributed by atoms with E-state index in [1.807, 2.05) is 31.2 Å². The monoisotopic (exact) mass is 303 g/mol. The predicted octanol–water partition coefficient (Wildman–Crippen LogP) is 3.22. The smallest absolute Gasteiger partial charge is 0.233 e. The van der Waals surface area contributed by atoms with Gasteiger partial charge in [-0.05, 0) is 43.9 Å². The van der Waals surface area contributed by atoms with Gasteiger partial charge in [-0.25, -0.2) is 0 Å². The molecule has 0 aromatic heterocycles. The lowest BCUT2D eigenvalue weighted by atomic mass is 9.82. The van der Waals surface area contributed by atoms with Crippen molar-refractivity contribution >= 4 is 23.4 Å². The Kier molecular flexibility index (Phi) is 3.85. The van der Waals surface area contributed by atoms with Crippen LogP contribution in [0, 0.1) is 11.8 Å². The number of imide groups is 1. The van der Waals surface area contributed by atoms with Gasteiger partial charge in [-0.3, -0.25) is 14.5 Å². The zero-order valence-corrected chi connectivity index (χ0v) is 12.8. The molecule has 2 aliphatic rings. The van der Waals surface area contributed by atoms with Crippen LogP contribution >= 0.6 is 11.6 Å². The average molecular weight is 304 g/mol. The summed E-state index contributed by atoms with van der Waals surface area (Å²) >= 11 is 5.86. The second kappa shape index (κ2) is 5.64. The molecule has 1 aliphatic carbocycles. The van der Waals surface area contributed by atoms with Crippen molar-refractivity contribution in [2.45, 2.75) is 26.2 Å². The standard InChI is InChI=1S/C17H18ClNO2/c1-11-2-7-14-15(10-11)17(21)19(16(14)20)9-8-12-3-5-13(18)6-4-12/h2-6,14-15H,7-10H2,1H3/t14-,15+/m1/s1. The van der Waals surface area contributed by atoms with Gasteiger partial charge in [0.05, 0.1) is 11.8 Å². The van der Waals surface area contributed by atoms with E-state index >= 15 is 0 Å². The lowest BCUT2D eigenvalue weighted by Crippen LogP contribution is -2.33. The van der Waals surface area contributed by atoms with Crippen LogP contribution in [-0.2, 0) is 16.0 Å². The summed E-state index contributed by atoms with van der Waals surface area (Å²) in [5, 5.41) is 0.694. The zero-order valence-electron chi connectivity index (χ0n) is 12.0. The lowest BCUT2D eigenvalue weighted by Gasteiger charge is -2.19. The molecule has 4 heteroatoms. The predicted molar refractivity (Wildman–Crippen MR) is 81.8 cm³/mol. The molecule has 0 saturated carbocycles. The van der Waals surface area contributed by atoms with Crippen LogP contribution in [0.5, 0.6) is 0 Å². The summed E-state index contributed by atoms with van der Waals surface area (Å²) in [5.74, 6) is -0.256. The molecule has 1 saturated heterocycles. The van der Waals surface area contributed by atoms with Crippen LogP contribution in [0.25, 0.3) is 0 Å². The third kappa shape index (κ3) is 2.75. The van der Waals surface area contributed by atoms with E-state index in [-0.39, 0.29) is 23.7 Å². The Morgan fingerprint density at radius 2 is 1.81 bits per heavy atom. The van der Waals surface area contributed by atoms with Crippen LogP contribution in [0.3, 0.4) is 0 Å². The van der Waals surface area contributed by atoms with Gasteiger partial charge in [-0.1, -0.05) is 35.4 Å². The number of benzene rings is 1. The van der Waals surface area contributed by atoms with Crippen molar-refractivity contribution in [3.05, 3.63) is 46.5 Å². The highest BCUT2D eigenvalue weighted by Crippen LogP contribution is 2.37. The molecule has 2 atom stereocenters. The number of carbonyl (C=O) groups is 2. The first-order valence-electron chi connectivity index (χ1n) is 7.31. The van der Waals surface area contributed by atoms with Gasteiger partial charge in [0.1, 0.15) is 0 Å². The molecule has 0 bridgehead atoms. The van der Waals surface area contributed by atoms with E-state index in [2.05, 4.69) is 6.08 Å². The van der Waals surface area contributed by atoms with E-state index in [0.29, 0.717) is 24.4 Å². The molecule has 0 unspecified atom stereocenters. The first-order chi connectivity index (χ1) is 10.1. The maximum Gasteiger partial charge on any atom is 0.233 e. The van der Waals surface area contributed by atoms with Crippen LogP contribution in [-0.4, -0.2) is 23.3 Å². The van der Waals surface area contributed by atoms with Crippen LogP contribution < -0.4 is 0 Å². The average Bonchev–Trinajstić information content (AvgIpc) is 2.70. The summed E-state index contributed by atoms with van der Waals surface area (Å²) in [5.41, 5.74) is 2.31. The van der Waals surface area contributed by atoms with E-state index in [9.17, 15) is 9.59 Å². The summed E-state index contributed by atoms with van der Waals surface area (Å²) < 4.78 is 0. The number of hydrogen-bond donors (Lipinski definition) is 0. The SMILES string of the molecule is CC1=CC[C@H]2C(=O)N(CCc3ccc(Cl)cc3)C(=O)[C@H]2C1. The largest absolute Gasteiger partial charge is 0.282 e. The first kappa shape index (κ1) is 14.3. The molecule has 2 amide bonds. The van der Waals surface area contributed by atoms with Gasteiger partial charge in [0.25, 0.3) is 0 Å². The normalized spacial score (nSPS) is 25.0. The van der Waals surface area contributed by atoms with Gasteiger partial charge in [-0.2, -0.15) is 0 Å². The summed E-state index contributed by atoms with van der Waals surface area (Å²) in [6.07, 6.45) is 4.21. The summed E-state index contributed by atoms with van der Waals surface area (Å²) in [6.45, 7) is 2.50. The number of carbonyl (C=O) groups excluding carboxylic acids is 2. The number of rotatable bonds is 3. The molecule has 0 spiro atoms. The van der Waals surface area contributed by atoms with Gasteiger partial charge >= 0.3 is 0 Å². The van der Waals surface area contributed by atoms with Crippen molar-refractivity contribution in [2.75, 3.05) is 6.54 Å². The Balaban J connectivity index is 1.68. The number of allylic oxidation sites excluding steroid dienone is 2. The van der Waals surface area contributed by atoms with Gasteiger partial charge in [0.15, 0.2) is 0 Å². The van der Waals surface area contributed by atoms with Crippen LogP contribution in [0.15, 0.2) is 35.9 Å². The highest BCUT2D eigenvalue weighted by atomic mass is 35.5. The minimum atomic E-state index is -0.133. The topological polar surface area (TPSA) is 37.4 Å². The van der Waals surface area contributed by atoms with Crippen molar-refractivity contribution < 1.29 is 9.59 Å². The van der Waals surface area contributed by atoms with Crippen molar-refractivity contribution in [3.63, 3.8) is 0 Å². The molecule has 0 N–H and O–H groups in total. The Morgan fingerprint density at radius 3 is 2.52 bits per heavy atom. The van der Waals surface area contributed by atoms with Crippen LogP contribution in [0.1, 0.15) is 25.3 Å². The third-order valence-corrected chi connectivity index (χ3v) is 4.70. The van der Waals surface area contributed by atoms with Crippen molar-refractivity contribution in [1.29, 1.82) is 0 Å². The second-order valence-corrected chi connectivity index (χ2v) is 6.34. The van der Waals surface area contributed by atoms with E-state index in [1.54, 1.807) is 0 Å². The van der Waals surface area contributed by atoms with Gasteiger partial charge in [-0.15, -0.1) is 0 Å². The number of fused-ring (bicyclic) bond motifs is 1. The quantitative estimate of drug-likeness (QED) is 0.635. The molecular weight excluding hydrogens is 286 g/mol. The number of amides is 2. The van der Waals surface area contributed by atoms with E-state index < -0.39 is 0 Å². The molecule has 3 rings (SSSR count). The van der Waals surface area contributed by atoms with Gasteiger partial charge in [0.2, 0.25) is 11.8 Å². The third-order valence-electron chi connectivity index (χ3n) is 4.45. The van der Waals surface area contributed by atoms with Crippen molar-refractivity contribution in [2.24, 2.45) is 11.8 Å². The Morgan fingerprint density at radius 1 is 1.14 bits per heavy atom. The molecule has 3 nitrogen and oxygen atoms in total. The number of hydrogen-bond acceptors (Lipinski definition) is 2. The van der Waals surface area contributed by atoms with Gasteiger partial charge in [0, 0.05) is 11.6 Å². The minimum Gasteiger partial charge on any atom is -0.282 e. The molecule has 1 aromatic rings.